The predicted molar refractivity (Wildman–Crippen MR) is 83.6 cm³/mol. The normalized spacial score (nSPS) is 20.5. The second kappa shape index (κ2) is 5.23. The zero-order valence-electron chi connectivity index (χ0n) is 14.0. The first kappa shape index (κ1) is 16.7. The molecule has 1 aliphatic heterocycles. The van der Waals surface area contributed by atoms with Gasteiger partial charge in [-0.25, -0.2) is 9.18 Å². The number of hydrogen-bond acceptors (Lipinski definition) is 3. The Morgan fingerprint density at radius 1 is 1.41 bits per heavy atom. The summed E-state index contributed by atoms with van der Waals surface area (Å²) in [6, 6.07) is 2.75. The molecule has 0 saturated carbocycles. The Hall–Kier alpha value is -1.62. The van der Waals surface area contributed by atoms with E-state index in [1.165, 1.54) is 17.0 Å². The van der Waals surface area contributed by atoms with Gasteiger partial charge in [-0.15, -0.1) is 0 Å². The van der Waals surface area contributed by atoms with Crippen molar-refractivity contribution in [3.63, 3.8) is 0 Å². The van der Waals surface area contributed by atoms with Crippen LogP contribution in [0.1, 0.15) is 45.7 Å². The molecule has 1 heterocycles. The molecule has 4 nitrogen and oxygen atoms in total. The number of fused-ring (bicyclic) bond motifs is 1. The minimum absolute atomic E-state index is 0.383. The van der Waals surface area contributed by atoms with Crippen molar-refractivity contribution in [2.45, 2.75) is 65.2 Å². The maximum atomic E-state index is 13.8. The van der Waals surface area contributed by atoms with Gasteiger partial charge in [0.15, 0.2) is 0 Å². The van der Waals surface area contributed by atoms with E-state index in [0.29, 0.717) is 12.1 Å². The van der Waals surface area contributed by atoms with Crippen LogP contribution in [0.25, 0.3) is 0 Å². The Morgan fingerprint density at radius 2 is 2.00 bits per heavy atom. The largest absolute Gasteiger partial charge is 0.443 e. The number of aryl methyl sites for hydroxylation is 1. The second-order valence-corrected chi connectivity index (χ2v) is 7.41. The molecule has 2 rings (SSSR count). The van der Waals surface area contributed by atoms with Crippen molar-refractivity contribution in [2.24, 2.45) is 0 Å². The first-order chi connectivity index (χ1) is 9.93. The number of amides is 1. The summed E-state index contributed by atoms with van der Waals surface area (Å²) in [7, 11) is 0. The van der Waals surface area contributed by atoms with Crippen LogP contribution < -0.4 is 4.90 Å². The molecule has 1 atom stereocenters. The smallest absolute Gasteiger partial charge is 0.415 e. The molecule has 0 fully saturated rings. The molecule has 1 aromatic rings. The lowest BCUT2D eigenvalue weighted by Gasteiger charge is -2.46. The molecule has 1 aromatic carbocycles. The third kappa shape index (κ3) is 2.95. The summed E-state index contributed by atoms with van der Waals surface area (Å²) in [5, 5.41) is 10.5. The molecule has 1 unspecified atom stereocenters. The maximum Gasteiger partial charge on any atom is 0.415 e. The fraction of sp³-hybridized carbons (Fsp3) is 0.588. The highest BCUT2D eigenvalue weighted by Crippen LogP contribution is 2.40. The molecule has 0 aliphatic carbocycles. The highest BCUT2D eigenvalue weighted by Gasteiger charge is 2.45. The summed E-state index contributed by atoms with van der Waals surface area (Å²) < 4.78 is 19.3. The molecule has 22 heavy (non-hydrogen) atoms. The van der Waals surface area contributed by atoms with Crippen LogP contribution >= 0.6 is 0 Å². The molecule has 0 radical (unpaired) electrons. The highest BCUT2D eigenvalue weighted by molar-refractivity contribution is 5.91. The first-order valence-electron chi connectivity index (χ1n) is 7.44. The van der Waals surface area contributed by atoms with E-state index in [9.17, 15) is 14.3 Å². The lowest BCUT2D eigenvalue weighted by atomic mass is 9.83. The number of hydrogen-bond donors (Lipinski definition) is 1. The van der Waals surface area contributed by atoms with E-state index in [2.05, 4.69) is 0 Å². The monoisotopic (exact) mass is 309 g/mol. The molecule has 1 N–H and O–H groups in total. The minimum atomic E-state index is -0.879. The van der Waals surface area contributed by atoms with E-state index in [-0.39, 0.29) is 0 Å². The summed E-state index contributed by atoms with van der Waals surface area (Å²) >= 11 is 0. The minimum Gasteiger partial charge on any atom is -0.443 e. The summed E-state index contributed by atoms with van der Waals surface area (Å²) in [5.41, 5.74) is 0.424. The third-order valence-electron chi connectivity index (χ3n) is 4.02. The van der Waals surface area contributed by atoms with Gasteiger partial charge < -0.3 is 9.84 Å². The maximum absolute atomic E-state index is 13.8. The van der Waals surface area contributed by atoms with Crippen LogP contribution in [0.5, 0.6) is 0 Å². The summed E-state index contributed by atoms with van der Waals surface area (Å²) in [6.07, 6.45) is -0.951. The number of benzene rings is 1. The molecule has 0 saturated heterocycles. The number of aliphatic hydroxyl groups excluding tert-OH is 1. The standard InChI is InChI=1S/C17H24FNO3/c1-10-7-11(18)8-13-12(10)9-14(20)17(5,6)19(13)15(21)22-16(2,3)4/h7-8,14,20H,9H2,1-6H3. The SMILES string of the molecule is Cc1cc(F)cc2c1CC(O)C(C)(C)N2C(=O)OC(C)(C)C. The summed E-state index contributed by atoms with van der Waals surface area (Å²) in [4.78, 5) is 14.0. The average molecular weight is 309 g/mol. The second-order valence-electron chi connectivity index (χ2n) is 7.41. The average Bonchev–Trinajstić information content (AvgIpc) is 2.29. The third-order valence-corrected chi connectivity index (χ3v) is 4.02. The van der Waals surface area contributed by atoms with Gasteiger partial charge in [-0.1, -0.05) is 0 Å². The van der Waals surface area contributed by atoms with Crippen LogP contribution in [0.4, 0.5) is 14.9 Å². The zero-order chi connectivity index (χ0) is 16.9. The Bertz CT molecular complexity index is 605. The molecule has 1 amide bonds. The molecule has 122 valence electrons. The summed E-state index contributed by atoms with van der Waals surface area (Å²) in [5.74, 6) is -0.406. The first-order valence-corrected chi connectivity index (χ1v) is 7.44. The molecule has 0 bridgehead atoms. The number of carbonyl (C=O) groups excluding carboxylic acids is 1. The lowest BCUT2D eigenvalue weighted by Crippen LogP contribution is -2.59. The number of nitrogens with zero attached hydrogens (tertiary/aromatic N) is 1. The van der Waals surface area contributed by atoms with Gasteiger partial charge in [0.05, 0.1) is 17.3 Å². The van der Waals surface area contributed by atoms with Crippen LogP contribution in [0.15, 0.2) is 12.1 Å². The van der Waals surface area contributed by atoms with Crippen molar-refractivity contribution in [2.75, 3.05) is 4.90 Å². The highest BCUT2D eigenvalue weighted by atomic mass is 19.1. The molecule has 5 heteroatoms. The topological polar surface area (TPSA) is 49.8 Å². The van der Waals surface area contributed by atoms with E-state index in [1.54, 1.807) is 41.5 Å². The van der Waals surface area contributed by atoms with Gasteiger partial charge >= 0.3 is 6.09 Å². The van der Waals surface area contributed by atoms with Crippen molar-refractivity contribution in [1.29, 1.82) is 0 Å². The Morgan fingerprint density at radius 3 is 2.55 bits per heavy atom. The number of carbonyl (C=O) groups is 1. The molecule has 0 spiro atoms. The van der Waals surface area contributed by atoms with E-state index in [4.69, 9.17) is 4.74 Å². The molecule has 0 aromatic heterocycles. The molecular weight excluding hydrogens is 285 g/mol. The Balaban J connectivity index is 2.57. The zero-order valence-corrected chi connectivity index (χ0v) is 14.0. The van der Waals surface area contributed by atoms with Crippen molar-refractivity contribution in [3.05, 3.63) is 29.1 Å². The van der Waals surface area contributed by atoms with Crippen LogP contribution in [-0.2, 0) is 11.2 Å². The fourth-order valence-electron chi connectivity index (χ4n) is 2.76. The predicted octanol–water partition coefficient (Wildman–Crippen LogP) is 3.57. The van der Waals surface area contributed by atoms with Crippen LogP contribution in [0, 0.1) is 12.7 Å². The van der Waals surface area contributed by atoms with Crippen molar-refractivity contribution < 1.29 is 19.0 Å². The van der Waals surface area contributed by atoms with Crippen LogP contribution in [0.3, 0.4) is 0 Å². The van der Waals surface area contributed by atoms with Crippen LogP contribution in [-0.4, -0.2) is 28.4 Å². The lowest BCUT2D eigenvalue weighted by molar-refractivity contribution is 0.0398. The summed E-state index contributed by atoms with van der Waals surface area (Å²) in [6.45, 7) is 10.6. The Kier molecular flexibility index (Phi) is 3.98. The van der Waals surface area contributed by atoms with E-state index >= 15 is 0 Å². The van der Waals surface area contributed by atoms with Gasteiger partial charge in [0.2, 0.25) is 0 Å². The van der Waals surface area contributed by atoms with E-state index in [0.717, 1.165) is 11.1 Å². The molecular formula is C17H24FNO3. The number of aliphatic hydroxyl groups is 1. The van der Waals surface area contributed by atoms with Crippen molar-refractivity contribution in [3.8, 4) is 0 Å². The van der Waals surface area contributed by atoms with Gasteiger partial charge in [-0.3, -0.25) is 4.90 Å². The van der Waals surface area contributed by atoms with Gasteiger partial charge in [-0.05, 0) is 64.8 Å². The van der Waals surface area contributed by atoms with Gasteiger partial charge in [-0.2, -0.15) is 0 Å². The van der Waals surface area contributed by atoms with E-state index in [1.807, 2.05) is 0 Å². The number of ether oxygens (including phenoxy) is 1. The van der Waals surface area contributed by atoms with Gasteiger partial charge in [0.1, 0.15) is 11.4 Å². The van der Waals surface area contributed by atoms with Gasteiger partial charge in [0.25, 0.3) is 0 Å². The Labute approximate surface area is 130 Å². The fourth-order valence-corrected chi connectivity index (χ4v) is 2.76. The number of rotatable bonds is 0. The van der Waals surface area contributed by atoms with Crippen LogP contribution in [0.2, 0.25) is 0 Å². The van der Waals surface area contributed by atoms with Crippen molar-refractivity contribution in [1.82, 2.24) is 0 Å². The number of anilines is 1. The van der Waals surface area contributed by atoms with Gasteiger partial charge in [0, 0.05) is 6.42 Å². The quantitative estimate of drug-likeness (QED) is 0.797. The van der Waals surface area contributed by atoms with Crippen molar-refractivity contribution >= 4 is 11.8 Å². The van der Waals surface area contributed by atoms with E-state index < -0.39 is 29.2 Å². The molecule has 1 aliphatic rings. The number of halogens is 1.